The van der Waals surface area contributed by atoms with E-state index in [-0.39, 0.29) is 5.56 Å². The molecule has 3 heteroatoms. The Labute approximate surface area is 92.7 Å². The van der Waals surface area contributed by atoms with Crippen LogP contribution >= 0.6 is 11.6 Å². The van der Waals surface area contributed by atoms with Gasteiger partial charge in [-0.2, -0.15) is 0 Å². The molecule has 0 unspecified atom stereocenters. The zero-order chi connectivity index (χ0) is 10.8. The van der Waals surface area contributed by atoms with Crippen LogP contribution in [0.2, 0.25) is 5.02 Å². The Bertz CT molecular complexity index is 545. The van der Waals surface area contributed by atoms with Gasteiger partial charge >= 0.3 is 0 Å². The highest BCUT2D eigenvalue weighted by atomic mass is 35.5. The summed E-state index contributed by atoms with van der Waals surface area (Å²) in [6, 6.07) is 10.6. The molecular formula is C12H10ClNO. The Balaban J connectivity index is 2.65. The van der Waals surface area contributed by atoms with Crippen molar-refractivity contribution in [2.75, 3.05) is 0 Å². The van der Waals surface area contributed by atoms with E-state index in [9.17, 15) is 4.79 Å². The van der Waals surface area contributed by atoms with E-state index in [1.807, 2.05) is 25.1 Å². The third-order valence-corrected chi connectivity index (χ3v) is 2.49. The molecule has 0 bridgehead atoms. The predicted octanol–water partition coefficient (Wildman–Crippen LogP) is 2.80. The fraction of sp³-hybridized carbons (Fsp3) is 0.0833. The van der Waals surface area contributed by atoms with Crippen molar-refractivity contribution in [3.05, 3.63) is 63.5 Å². The van der Waals surface area contributed by atoms with Crippen LogP contribution in [0.3, 0.4) is 0 Å². The van der Waals surface area contributed by atoms with Crippen molar-refractivity contribution in [3.63, 3.8) is 0 Å². The van der Waals surface area contributed by atoms with Crippen molar-refractivity contribution >= 4 is 11.6 Å². The van der Waals surface area contributed by atoms with Crippen molar-refractivity contribution < 1.29 is 0 Å². The third kappa shape index (κ3) is 1.95. The van der Waals surface area contributed by atoms with Crippen LogP contribution in [0, 0.1) is 6.92 Å². The second-order valence-corrected chi connectivity index (χ2v) is 3.77. The molecule has 2 rings (SSSR count). The number of rotatable bonds is 1. The normalized spacial score (nSPS) is 10.3. The van der Waals surface area contributed by atoms with Crippen molar-refractivity contribution in [2.45, 2.75) is 6.92 Å². The summed E-state index contributed by atoms with van der Waals surface area (Å²) in [7, 11) is 0. The Morgan fingerprint density at radius 2 is 2.00 bits per heavy atom. The zero-order valence-corrected chi connectivity index (χ0v) is 9.03. The van der Waals surface area contributed by atoms with Crippen LogP contribution in [0.25, 0.3) is 5.69 Å². The zero-order valence-electron chi connectivity index (χ0n) is 8.27. The molecule has 0 saturated heterocycles. The van der Waals surface area contributed by atoms with Gasteiger partial charge in [0, 0.05) is 12.3 Å². The number of hydrogen-bond acceptors (Lipinski definition) is 1. The Morgan fingerprint density at radius 3 is 2.67 bits per heavy atom. The lowest BCUT2D eigenvalue weighted by molar-refractivity contribution is 0.989. The van der Waals surface area contributed by atoms with Gasteiger partial charge < -0.3 is 0 Å². The van der Waals surface area contributed by atoms with Crippen molar-refractivity contribution in [1.82, 2.24) is 4.57 Å². The molecule has 0 aliphatic carbocycles. The van der Waals surface area contributed by atoms with E-state index in [1.54, 1.807) is 18.3 Å². The molecule has 0 saturated carbocycles. The number of pyridine rings is 1. The number of nitrogens with zero attached hydrogens (tertiary/aromatic N) is 1. The molecule has 2 nitrogen and oxygen atoms in total. The largest absolute Gasteiger partial charge is 0.283 e. The highest BCUT2D eigenvalue weighted by Gasteiger charge is 2.03. The third-order valence-electron chi connectivity index (χ3n) is 2.19. The van der Waals surface area contributed by atoms with E-state index in [0.717, 1.165) is 5.56 Å². The summed E-state index contributed by atoms with van der Waals surface area (Å²) < 4.78 is 1.53. The van der Waals surface area contributed by atoms with Gasteiger partial charge in [0.1, 0.15) is 0 Å². The van der Waals surface area contributed by atoms with E-state index < -0.39 is 0 Å². The second-order valence-electron chi connectivity index (χ2n) is 3.36. The Kier molecular flexibility index (Phi) is 2.60. The lowest BCUT2D eigenvalue weighted by Crippen LogP contribution is -2.15. The minimum Gasteiger partial charge on any atom is -0.283 e. The van der Waals surface area contributed by atoms with Gasteiger partial charge in [-0.25, -0.2) is 0 Å². The van der Waals surface area contributed by atoms with Crippen LogP contribution < -0.4 is 5.56 Å². The van der Waals surface area contributed by atoms with Gasteiger partial charge in [-0.05, 0) is 30.7 Å². The Hall–Kier alpha value is -1.54. The summed E-state index contributed by atoms with van der Waals surface area (Å²) in [5.41, 5.74) is 1.71. The monoisotopic (exact) mass is 219 g/mol. The highest BCUT2D eigenvalue weighted by Crippen LogP contribution is 2.20. The number of aromatic nitrogens is 1. The smallest absolute Gasteiger partial charge is 0.255 e. The average Bonchev–Trinajstić information content (AvgIpc) is 2.20. The molecule has 0 aliphatic heterocycles. The second kappa shape index (κ2) is 3.91. The van der Waals surface area contributed by atoms with Crippen LogP contribution in [0.5, 0.6) is 0 Å². The summed E-state index contributed by atoms with van der Waals surface area (Å²) in [4.78, 5) is 11.6. The first-order valence-corrected chi connectivity index (χ1v) is 5.00. The molecule has 2 aromatic rings. The number of benzene rings is 1. The molecule has 0 fully saturated rings. The van der Waals surface area contributed by atoms with Crippen LogP contribution in [0.15, 0.2) is 47.4 Å². The molecule has 0 radical (unpaired) electrons. The minimum absolute atomic E-state index is 0.0803. The van der Waals surface area contributed by atoms with Gasteiger partial charge in [-0.15, -0.1) is 0 Å². The first-order chi connectivity index (χ1) is 7.18. The summed E-state index contributed by atoms with van der Waals surface area (Å²) in [6.07, 6.45) is 1.71. The van der Waals surface area contributed by atoms with Crippen LogP contribution in [0.1, 0.15) is 5.56 Å². The number of aryl methyl sites for hydroxylation is 1. The van der Waals surface area contributed by atoms with Gasteiger partial charge in [0.25, 0.3) is 5.56 Å². The lowest BCUT2D eigenvalue weighted by Gasteiger charge is -2.07. The van der Waals surface area contributed by atoms with E-state index in [0.29, 0.717) is 10.7 Å². The molecular weight excluding hydrogens is 210 g/mol. The maximum absolute atomic E-state index is 11.6. The first kappa shape index (κ1) is 9.99. The van der Waals surface area contributed by atoms with E-state index >= 15 is 0 Å². The van der Waals surface area contributed by atoms with Gasteiger partial charge in [0.05, 0.1) is 10.7 Å². The summed E-state index contributed by atoms with van der Waals surface area (Å²) in [5, 5.41) is 0.586. The predicted molar refractivity (Wildman–Crippen MR) is 61.8 cm³/mol. The topological polar surface area (TPSA) is 22.0 Å². The summed E-state index contributed by atoms with van der Waals surface area (Å²) in [5.74, 6) is 0. The molecule has 0 atom stereocenters. The fourth-order valence-electron chi connectivity index (χ4n) is 1.43. The van der Waals surface area contributed by atoms with Crippen LogP contribution in [-0.2, 0) is 0 Å². The summed E-state index contributed by atoms with van der Waals surface area (Å²) in [6.45, 7) is 1.96. The first-order valence-electron chi connectivity index (χ1n) is 4.63. The molecule has 0 aliphatic rings. The Morgan fingerprint density at radius 1 is 1.20 bits per heavy atom. The maximum Gasteiger partial charge on any atom is 0.255 e. The van der Waals surface area contributed by atoms with E-state index in [1.165, 1.54) is 10.6 Å². The van der Waals surface area contributed by atoms with Gasteiger partial charge in [0.15, 0.2) is 0 Å². The molecule has 1 heterocycles. The maximum atomic E-state index is 11.6. The van der Waals surface area contributed by atoms with Crippen LogP contribution in [-0.4, -0.2) is 4.57 Å². The van der Waals surface area contributed by atoms with Gasteiger partial charge in [-0.3, -0.25) is 9.36 Å². The molecule has 0 amide bonds. The van der Waals surface area contributed by atoms with Crippen molar-refractivity contribution in [1.29, 1.82) is 0 Å². The highest BCUT2D eigenvalue weighted by molar-refractivity contribution is 6.32. The quantitative estimate of drug-likeness (QED) is 0.723. The summed E-state index contributed by atoms with van der Waals surface area (Å²) >= 11 is 6.08. The molecule has 15 heavy (non-hydrogen) atoms. The minimum atomic E-state index is -0.0803. The molecule has 0 N–H and O–H groups in total. The average molecular weight is 220 g/mol. The number of hydrogen-bond donors (Lipinski definition) is 0. The molecule has 76 valence electrons. The standard InChI is InChI=1S/C12H10ClNO/c1-9-5-6-11(10(13)8-9)14-7-3-2-4-12(14)15/h2-8H,1H3. The van der Waals surface area contributed by atoms with Crippen LogP contribution in [0.4, 0.5) is 0 Å². The van der Waals surface area contributed by atoms with Crippen molar-refractivity contribution in [3.8, 4) is 5.69 Å². The van der Waals surface area contributed by atoms with Gasteiger partial charge in [-0.1, -0.05) is 23.7 Å². The van der Waals surface area contributed by atoms with E-state index in [2.05, 4.69) is 0 Å². The molecule has 0 spiro atoms. The molecule has 1 aromatic heterocycles. The van der Waals surface area contributed by atoms with Crippen molar-refractivity contribution in [2.24, 2.45) is 0 Å². The molecule has 1 aromatic carbocycles. The van der Waals surface area contributed by atoms with Gasteiger partial charge in [0.2, 0.25) is 0 Å². The SMILES string of the molecule is Cc1ccc(-n2ccccc2=O)c(Cl)c1. The lowest BCUT2D eigenvalue weighted by atomic mass is 10.2. The number of halogens is 1. The van der Waals surface area contributed by atoms with E-state index in [4.69, 9.17) is 11.6 Å². The fourth-order valence-corrected chi connectivity index (χ4v) is 1.76.